The third-order valence-corrected chi connectivity index (χ3v) is 6.29. The second-order valence-electron chi connectivity index (χ2n) is 9.15. The van der Waals surface area contributed by atoms with E-state index in [1.807, 2.05) is 42.4 Å². The minimum Gasteiger partial charge on any atom is -0.342 e. The van der Waals surface area contributed by atoms with E-state index in [9.17, 15) is 4.79 Å². The van der Waals surface area contributed by atoms with E-state index in [-0.39, 0.29) is 11.8 Å². The first-order chi connectivity index (χ1) is 16.0. The van der Waals surface area contributed by atoms with Crippen LogP contribution < -0.4 is 0 Å². The van der Waals surface area contributed by atoms with E-state index >= 15 is 0 Å². The minimum atomic E-state index is 0.0617. The maximum Gasteiger partial charge on any atom is 0.253 e. The summed E-state index contributed by atoms with van der Waals surface area (Å²) >= 11 is 0. The molecule has 0 spiro atoms. The van der Waals surface area contributed by atoms with E-state index in [4.69, 9.17) is 4.98 Å². The van der Waals surface area contributed by atoms with Crippen LogP contribution in [-0.2, 0) is 0 Å². The van der Waals surface area contributed by atoms with E-state index in [2.05, 4.69) is 45.9 Å². The molecule has 4 aromatic rings. The van der Waals surface area contributed by atoms with Gasteiger partial charge >= 0.3 is 0 Å². The van der Waals surface area contributed by atoms with Gasteiger partial charge in [0.05, 0.1) is 11.0 Å². The van der Waals surface area contributed by atoms with Crippen LogP contribution in [0.15, 0.2) is 49.1 Å². The second kappa shape index (κ2) is 8.73. The van der Waals surface area contributed by atoms with Gasteiger partial charge in [-0.25, -0.2) is 15.0 Å². The third-order valence-electron chi connectivity index (χ3n) is 6.29. The second-order valence-corrected chi connectivity index (χ2v) is 9.15. The predicted octanol–water partition coefficient (Wildman–Crippen LogP) is 4.87. The van der Waals surface area contributed by atoms with Gasteiger partial charge in [-0.1, -0.05) is 13.8 Å². The summed E-state index contributed by atoms with van der Waals surface area (Å²) in [7, 11) is 0. The Balaban J connectivity index is 1.38. The van der Waals surface area contributed by atoms with Gasteiger partial charge < -0.3 is 9.88 Å². The van der Waals surface area contributed by atoms with Gasteiger partial charge in [0.2, 0.25) is 0 Å². The lowest BCUT2D eigenvalue weighted by atomic mass is 9.92. The lowest BCUT2D eigenvalue weighted by Crippen LogP contribution is -2.39. The van der Waals surface area contributed by atoms with Gasteiger partial charge in [-0.15, -0.1) is 0 Å². The van der Waals surface area contributed by atoms with E-state index in [0.717, 1.165) is 58.8 Å². The average Bonchev–Trinajstić information content (AvgIpc) is 3.28. The number of fused-ring (bicyclic) bond motifs is 1. The van der Waals surface area contributed by atoms with Crippen molar-refractivity contribution in [2.75, 3.05) is 13.1 Å². The lowest BCUT2D eigenvalue weighted by molar-refractivity contribution is 0.0706. The van der Waals surface area contributed by atoms with Crippen molar-refractivity contribution >= 4 is 16.9 Å². The average molecular weight is 441 g/mol. The zero-order chi connectivity index (χ0) is 22.9. The molecule has 4 heterocycles. The molecule has 1 saturated heterocycles. The number of imidazole rings is 1. The summed E-state index contributed by atoms with van der Waals surface area (Å²) in [6.07, 6.45) is 7.15. The molecule has 0 radical (unpaired) electrons. The Morgan fingerprint density at radius 1 is 1.09 bits per heavy atom. The van der Waals surface area contributed by atoms with Gasteiger partial charge in [0.1, 0.15) is 12.2 Å². The highest BCUT2D eigenvalue weighted by atomic mass is 16.2. The lowest BCUT2D eigenvalue weighted by Gasteiger charge is -2.33. The number of amides is 1. The van der Waals surface area contributed by atoms with Crippen molar-refractivity contribution in [3.8, 4) is 11.1 Å². The van der Waals surface area contributed by atoms with Gasteiger partial charge in [0, 0.05) is 59.8 Å². The molecule has 1 atom stereocenters. The molecule has 1 fully saturated rings. The third kappa shape index (κ3) is 4.35. The van der Waals surface area contributed by atoms with Crippen molar-refractivity contribution in [1.82, 2.24) is 29.8 Å². The van der Waals surface area contributed by atoms with Crippen molar-refractivity contribution < 1.29 is 4.79 Å². The normalized spacial score (nSPS) is 16.5. The van der Waals surface area contributed by atoms with Crippen LogP contribution in [0.1, 0.15) is 66.1 Å². The SMILES string of the molecule is Cc1cc(-c2cncnc2)cc(C2CCCN(C(=O)c3ccc4nc(C(C)C)[nH]c4c3)C2)n1. The van der Waals surface area contributed by atoms with Crippen molar-refractivity contribution in [2.24, 2.45) is 0 Å². The predicted molar refractivity (Wildman–Crippen MR) is 128 cm³/mol. The summed E-state index contributed by atoms with van der Waals surface area (Å²) in [6.45, 7) is 7.64. The van der Waals surface area contributed by atoms with Gasteiger partial charge in [-0.05, 0) is 55.7 Å². The summed E-state index contributed by atoms with van der Waals surface area (Å²) in [5.74, 6) is 1.52. The van der Waals surface area contributed by atoms with Gasteiger partial charge in [0.25, 0.3) is 5.91 Å². The molecule has 1 aliphatic rings. The van der Waals surface area contributed by atoms with Gasteiger partial charge in [-0.2, -0.15) is 0 Å². The molecule has 168 valence electrons. The highest BCUT2D eigenvalue weighted by molar-refractivity contribution is 5.97. The fourth-order valence-electron chi connectivity index (χ4n) is 4.54. The van der Waals surface area contributed by atoms with Crippen LogP contribution >= 0.6 is 0 Å². The number of rotatable bonds is 4. The standard InChI is InChI=1S/C26H28N6O/c1-16(2)25-30-22-7-6-18(10-24(22)31-25)26(33)32-8-4-5-19(14-32)23-11-20(9-17(3)29-23)21-12-27-15-28-13-21/h6-7,9-13,15-16,19H,4-5,8,14H2,1-3H3,(H,30,31). The number of hydrogen-bond acceptors (Lipinski definition) is 5. The quantitative estimate of drug-likeness (QED) is 0.489. The molecule has 33 heavy (non-hydrogen) atoms. The largest absolute Gasteiger partial charge is 0.342 e. The molecular weight excluding hydrogens is 412 g/mol. The molecule has 1 aromatic carbocycles. The summed E-state index contributed by atoms with van der Waals surface area (Å²) in [5, 5.41) is 0. The number of aromatic amines is 1. The maximum absolute atomic E-state index is 13.4. The van der Waals surface area contributed by atoms with Crippen molar-refractivity contribution in [1.29, 1.82) is 0 Å². The number of pyridine rings is 1. The number of likely N-dealkylation sites (tertiary alicyclic amines) is 1. The summed E-state index contributed by atoms with van der Waals surface area (Å²) in [5.41, 5.74) is 6.52. The number of piperidine rings is 1. The molecule has 3 aromatic heterocycles. The molecule has 0 saturated carbocycles. The Bertz CT molecular complexity index is 1300. The molecule has 7 nitrogen and oxygen atoms in total. The molecule has 1 unspecified atom stereocenters. The Morgan fingerprint density at radius 2 is 1.91 bits per heavy atom. The number of carbonyl (C=O) groups excluding carboxylic acids is 1. The molecule has 5 rings (SSSR count). The molecule has 1 aliphatic heterocycles. The molecule has 1 N–H and O–H groups in total. The number of H-pyrrole nitrogens is 1. The van der Waals surface area contributed by atoms with Crippen molar-refractivity contribution in [3.63, 3.8) is 0 Å². The Labute approximate surface area is 193 Å². The van der Waals surface area contributed by atoms with E-state index in [1.54, 1.807) is 0 Å². The number of nitrogens with zero attached hydrogens (tertiary/aromatic N) is 5. The van der Waals surface area contributed by atoms with Gasteiger partial charge in [0.15, 0.2) is 0 Å². The summed E-state index contributed by atoms with van der Waals surface area (Å²) in [4.78, 5) is 36.4. The van der Waals surface area contributed by atoms with E-state index in [0.29, 0.717) is 18.0 Å². The van der Waals surface area contributed by atoms with Crippen LogP contribution in [0.25, 0.3) is 22.2 Å². The molecule has 0 aliphatic carbocycles. The molecule has 1 amide bonds. The minimum absolute atomic E-state index is 0.0617. The van der Waals surface area contributed by atoms with Crippen LogP contribution in [0.2, 0.25) is 0 Å². The van der Waals surface area contributed by atoms with Crippen LogP contribution in [0.5, 0.6) is 0 Å². The highest BCUT2D eigenvalue weighted by Crippen LogP contribution is 2.30. The maximum atomic E-state index is 13.4. The fourth-order valence-corrected chi connectivity index (χ4v) is 4.54. The highest BCUT2D eigenvalue weighted by Gasteiger charge is 2.27. The van der Waals surface area contributed by atoms with Gasteiger partial charge in [-0.3, -0.25) is 9.78 Å². The molecule has 7 heteroatoms. The Hall–Kier alpha value is -3.61. The monoisotopic (exact) mass is 440 g/mol. The molecular formula is C26H28N6O. The zero-order valence-electron chi connectivity index (χ0n) is 19.2. The fraction of sp³-hybridized carbons (Fsp3) is 0.346. The van der Waals surface area contributed by atoms with Crippen LogP contribution in [-0.4, -0.2) is 48.8 Å². The summed E-state index contributed by atoms with van der Waals surface area (Å²) in [6, 6.07) is 9.92. The van der Waals surface area contributed by atoms with E-state index < -0.39 is 0 Å². The first-order valence-corrected chi connectivity index (χ1v) is 11.5. The number of carbonyl (C=O) groups is 1. The number of aromatic nitrogens is 5. The first kappa shape index (κ1) is 21.2. The number of aryl methyl sites for hydroxylation is 1. The topological polar surface area (TPSA) is 87.7 Å². The number of nitrogens with one attached hydrogen (secondary N) is 1. The molecule has 0 bridgehead atoms. The van der Waals surface area contributed by atoms with Crippen molar-refractivity contribution in [2.45, 2.75) is 45.4 Å². The first-order valence-electron chi connectivity index (χ1n) is 11.5. The Morgan fingerprint density at radius 3 is 2.70 bits per heavy atom. The van der Waals surface area contributed by atoms with Crippen molar-refractivity contribution in [3.05, 3.63) is 71.8 Å². The number of benzene rings is 1. The van der Waals surface area contributed by atoms with Crippen LogP contribution in [0.3, 0.4) is 0 Å². The number of hydrogen-bond donors (Lipinski definition) is 1. The summed E-state index contributed by atoms with van der Waals surface area (Å²) < 4.78 is 0. The zero-order valence-corrected chi connectivity index (χ0v) is 19.2. The van der Waals surface area contributed by atoms with Crippen LogP contribution in [0.4, 0.5) is 0 Å². The Kier molecular flexibility index (Phi) is 5.62. The van der Waals surface area contributed by atoms with E-state index in [1.165, 1.54) is 6.33 Å². The smallest absolute Gasteiger partial charge is 0.253 e. The van der Waals surface area contributed by atoms with Crippen LogP contribution in [0, 0.1) is 6.92 Å².